The lowest BCUT2D eigenvalue weighted by Crippen LogP contribution is -2.18. The number of hydrogen-bond donors (Lipinski definition) is 1. The molecule has 0 saturated carbocycles. The molecular weight excluding hydrogens is 346 g/mol. The zero-order chi connectivity index (χ0) is 16.4. The third-order valence-corrected chi connectivity index (χ3v) is 4.23. The van der Waals surface area contributed by atoms with Crippen LogP contribution in [0, 0.1) is 11.3 Å². The van der Waals surface area contributed by atoms with Gasteiger partial charge in [-0.05, 0) is 13.2 Å². The normalized spacial score (nSPS) is 11.5. The van der Waals surface area contributed by atoms with E-state index in [0.717, 1.165) is 4.88 Å². The minimum absolute atomic E-state index is 0.0559. The maximum atomic E-state index is 11.9. The fourth-order valence-corrected chi connectivity index (χ4v) is 2.86. The second-order valence-corrected chi connectivity index (χ2v) is 6.30. The first kappa shape index (κ1) is 18.8. The van der Waals surface area contributed by atoms with Gasteiger partial charge in [0.2, 0.25) is 0 Å². The van der Waals surface area contributed by atoms with Gasteiger partial charge in [-0.15, -0.1) is 23.1 Å². The molecule has 22 heavy (non-hydrogen) atoms. The minimum atomic E-state index is -0.665. The molecular formula is C13H16ClN3O3S2. The summed E-state index contributed by atoms with van der Waals surface area (Å²) in [7, 11) is 0. The van der Waals surface area contributed by atoms with Crippen molar-refractivity contribution in [3.8, 4) is 6.07 Å². The van der Waals surface area contributed by atoms with E-state index in [-0.39, 0.29) is 12.2 Å². The van der Waals surface area contributed by atoms with Crippen molar-refractivity contribution in [3.05, 3.63) is 26.1 Å². The van der Waals surface area contributed by atoms with E-state index in [9.17, 15) is 10.1 Å². The van der Waals surface area contributed by atoms with Crippen LogP contribution in [0.5, 0.6) is 0 Å². The van der Waals surface area contributed by atoms with Gasteiger partial charge >= 0.3 is 5.97 Å². The van der Waals surface area contributed by atoms with Gasteiger partial charge in [-0.3, -0.25) is 0 Å². The number of thioether (sulfide) groups is 1. The topological polar surface area (TPSA) is 84.2 Å². The number of rotatable bonds is 9. The maximum absolute atomic E-state index is 11.9. The van der Waals surface area contributed by atoms with Crippen molar-refractivity contribution in [1.82, 2.24) is 10.3 Å². The minimum Gasteiger partial charge on any atom is -0.459 e. The maximum Gasteiger partial charge on any atom is 0.351 e. The van der Waals surface area contributed by atoms with Gasteiger partial charge in [-0.1, -0.05) is 11.6 Å². The van der Waals surface area contributed by atoms with E-state index >= 15 is 0 Å². The van der Waals surface area contributed by atoms with Gasteiger partial charge in [0, 0.05) is 17.7 Å². The number of nitriles is 1. The number of carbonyl (C=O) groups excluding carboxylic acids is 1. The van der Waals surface area contributed by atoms with E-state index in [0.29, 0.717) is 29.3 Å². The monoisotopic (exact) mass is 361 g/mol. The van der Waals surface area contributed by atoms with Crippen LogP contribution in [-0.2, 0) is 20.8 Å². The highest BCUT2D eigenvalue weighted by Gasteiger charge is 2.17. The Morgan fingerprint density at radius 2 is 2.36 bits per heavy atom. The fourth-order valence-electron chi connectivity index (χ4n) is 1.39. The average Bonchev–Trinajstić information content (AvgIpc) is 2.93. The lowest BCUT2D eigenvalue weighted by Gasteiger charge is -2.10. The molecule has 0 atom stereocenters. The van der Waals surface area contributed by atoms with E-state index in [4.69, 9.17) is 21.1 Å². The molecule has 0 unspecified atom stereocenters. The van der Waals surface area contributed by atoms with E-state index < -0.39 is 5.97 Å². The number of carbonyl (C=O) groups is 1. The van der Waals surface area contributed by atoms with Crippen LogP contribution in [0.2, 0.25) is 4.47 Å². The summed E-state index contributed by atoms with van der Waals surface area (Å²) < 4.78 is 10.5. The summed E-state index contributed by atoms with van der Waals surface area (Å²) in [5.41, 5.74) is -0.0559. The van der Waals surface area contributed by atoms with Gasteiger partial charge in [0.25, 0.3) is 0 Å². The van der Waals surface area contributed by atoms with Gasteiger partial charge in [-0.2, -0.15) is 5.26 Å². The number of nitrogens with one attached hydrogen (secondary N) is 1. The van der Waals surface area contributed by atoms with Gasteiger partial charge in [0.15, 0.2) is 10.0 Å². The molecule has 0 aliphatic heterocycles. The van der Waals surface area contributed by atoms with E-state index in [1.807, 2.05) is 13.0 Å². The molecule has 9 heteroatoms. The highest BCUT2D eigenvalue weighted by molar-refractivity contribution is 8.02. The summed E-state index contributed by atoms with van der Waals surface area (Å²) in [6.45, 7) is 3.25. The molecule has 1 aromatic rings. The third-order valence-electron chi connectivity index (χ3n) is 2.36. The van der Waals surface area contributed by atoms with E-state index in [1.54, 1.807) is 12.5 Å². The van der Waals surface area contributed by atoms with E-state index in [1.165, 1.54) is 23.1 Å². The van der Waals surface area contributed by atoms with Gasteiger partial charge in [0.1, 0.15) is 12.7 Å². The van der Waals surface area contributed by atoms with Crippen LogP contribution in [0.15, 0.2) is 16.8 Å². The SMILES string of the molecule is CCOCCOC(=O)/C(C#N)=C(/NCc1cnc(Cl)s1)SC. The molecule has 0 aliphatic carbocycles. The summed E-state index contributed by atoms with van der Waals surface area (Å²) in [6, 6.07) is 1.88. The Morgan fingerprint density at radius 1 is 1.59 bits per heavy atom. The number of hydrogen-bond acceptors (Lipinski definition) is 8. The van der Waals surface area contributed by atoms with Crippen molar-refractivity contribution >= 4 is 40.7 Å². The molecule has 1 N–H and O–H groups in total. The number of esters is 1. The van der Waals surface area contributed by atoms with Crippen molar-refractivity contribution in [1.29, 1.82) is 5.26 Å². The van der Waals surface area contributed by atoms with Crippen LogP contribution in [0.25, 0.3) is 0 Å². The smallest absolute Gasteiger partial charge is 0.351 e. The van der Waals surface area contributed by atoms with E-state index in [2.05, 4.69) is 10.3 Å². The molecule has 1 heterocycles. The summed E-state index contributed by atoms with van der Waals surface area (Å²) in [5, 5.41) is 12.7. The zero-order valence-corrected chi connectivity index (χ0v) is 14.6. The van der Waals surface area contributed by atoms with Gasteiger partial charge < -0.3 is 14.8 Å². The number of halogens is 1. The second kappa shape index (κ2) is 10.5. The Morgan fingerprint density at radius 3 is 2.91 bits per heavy atom. The molecule has 6 nitrogen and oxygen atoms in total. The van der Waals surface area contributed by atoms with Crippen LogP contribution >= 0.6 is 34.7 Å². The quantitative estimate of drug-likeness (QED) is 0.313. The van der Waals surface area contributed by atoms with Crippen molar-refractivity contribution in [3.63, 3.8) is 0 Å². The molecule has 0 radical (unpaired) electrons. The summed E-state index contributed by atoms with van der Waals surface area (Å²) >= 11 is 8.35. The lowest BCUT2D eigenvalue weighted by molar-refractivity contribution is -0.140. The Bertz CT molecular complexity index is 569. The molecule has 0 aliphatic rings. The average molecular weight is 362 g/mol. The van der Waals surface area contributed by atoms with Crippen molar-refractivity contribution in [2.75, 3.05) is 26.1 Å². The van der Waals surface area contributed by atoms with Crippen LogP contribution in [0.4, 0.5) is 0 Å². The highest BCUT2D eigenvalue weighted by Crippen LogP contribution is 2.20. The molecule has 0 spiro atoms. The summed E-state index contributed by atoms with van der Waals surface area (Å²) in [6.07, 6.45) is 3.41. The third kappa shape index (κ3) is 6.23. The first-order valence-corrected chi connectivity index (χ1v) is 8.81. The highest BCUT2D eigenvalue weighted by atomic mass is 35.5. The largest absolute Gasteiger partial charge is 0.459 e. The van der Waals surface area contributed by atoms with Gasteiger partial charge in [0.05, 0.1) is 18.2 Å². The summed E-state index contributed by atoms with van der Waals surface area (Å²) in [5.74, 6) is -0.665. The van der Waals surface area contributed by atoms with Crippen molar-refractivity contribution < 1.29 is 14.3 Å². The predicted octanol–water partition coefficient (Wildman–Crippen LogP) is 2.56. The zero-order valence-electron chi connectivity index (χ0n) is 12.2. The molecule has 0 aromatic carbocycles. The van der Waals surface area contributed by atoms with Gasteiger partial charge in [-0.25, -0.2) is 9.78 Å². The Hall–Kier alpha value is -1.27. The molecule has 120 valence electrons. The first-order valence-electron chi connectivity index (χ1n) is 6.39. The van der Waals surface area contributed by atoms with Crippen LogP contribution < -0.4 is 5.32 Å². The Kier molecular flexibility index (Phi) is 8.92. The Labute approximate surface area is 142 Å². The summed E-state index contributed by atoms with van der Waals surface area (Å²) in [4.78, 5) is 16.7. The molecule has 0 saturated heterocycles. The molecule has 0 amide bonds. The first-order chi connectivity index (χ1) is 10.6. The van der Waals surface area contributed by atoms with Crippen LogP contribution in [0.1, 0.15) is 11.8 Å². The van der Waals surface area contributed by atoms with Crippen molar-refractivity contribution in [2.45, 2.75) is 13.5 Å². The van der Waals surface area contributed by atoms with Crippen molar-refractivity contribution in [2.24, 2.45) is 0 Å². The number of thiazole rings is 1. The number of ether oxygens (including phenoxy) is 2. The Balaban J connectivity index is 2.65. The molecule has 1 rings (SSSR count). The number of aromatic nitrogens is 1. The second-order valence-electron chi connectivity index (χ2n) is 3.79. The molecule has 0 bridgehead atoms. The molecule has 1 aromatic heterocycles. The molecule has 0 fully saturated rings. The fraction of sp³-hybridized carbons (Fsp3) is 0.462. The van der Waals surface area contributed by atoms with Crippen LogP contribution in [0.3, 0.4) is 0 Å². The number of nitrogens with zero attached hydrogens (tertiary/aromatic N) is 2. The lowest BCUT2D eigenvalue weighted by atomic mass is 10.3. The standard InChI is InChI=1S/C13H16ClN3O3S2/c1-3-19-4-5-20-12(18)10(6-15)11(21-2)16-7-9-8-17-13(14)22-9/h8,16H,3-5,7H2,1-2H3/b11-10-. The van der Waals surface area contributed by atoms with Crippen LogP contribution in [-0.4, -0.2) is 37.0 Å². The predicted molar refractivity (Wildman–Crippen MR) is 87.6 cm³/mol.